The zero-order valence-electron chi connectivity index (χ0n) is 8.20. The van der Waals surface area contributed by atoms with Crippen LogP contribution in [0, 0.1) is 0 Å². The Balaban J connectivity index is 3.01. The molecule has 0 unspecified atom stereocenters. The highest BCUT2D eigenvalue weighted by molar-refractivity contribution is 6.66. The normalized spacial score (nSPS) is 10.5. The summed E-state index contributed by atoms with van der Waals surface area (Å²) < 4.78 is 0. The van der Waals surface area contributed by atoms with Crippen LogP contribution < -0.4 is 4.90 Å². The highest BCUT2D eigenvalue weighted by Crippen LogP contribution is 2.19. The molecule has 3 heteroatoms. The number of hydrogen-bond donors (Lipinski definition) is 0. The summed E-state index contributed by atoms with van der Waals surface area (Å²) >= 11 is 5.22. The fraction of sp³-hybridized carbons (Fsp3) is 0.182. The number of halogens is 1. The van der Waals surface area contributed by atoms with Crippen molar-refractivity contribution in [1.82, 2.24) is 0 Å². The van der Waals surface area contributed by atoms with Crippen LogP contribution in [0.1, 0.15) is 5.56 Å². The van der Waals surface area contributed by atoms with Crippen molar-refractivity contribution in [2.24, 2.45) is 0 Å². The molecule has 0 atom stereocenters. The van der Waals surface area contributed by atoms with Crippen molar-refractivity contribution in [2.45, 2.75) is 0 Å². The van der Waals surface area contributed by atoms with Gasteiger partial charge in [0, 0.05) is 19.8 Å². The Morgan fingerprint density at radius 1 is 1.36 bits per heavy atom. The lowest BCUT2D eigenvalue weighted by atomic mass is 10.1. The van der Waals surface area contributed by atoms with Crippen LogP contribution in [0.15, 0.2) is 30.3 Å². The highest BCUT2D eigenvalue weighted by atomic mass is 35.5. The first-order valence-corrected chi connectivity index (χ1v) is 4.63. The van der Waals surface area contributed by atoms with E-state index < -0.39 is 5.24 Å². The minimum absolute atomic E-state index is 0.460. The van der Waals surface area contributed by atoms with Crippen molar-refractivity contribution in [2.75, 3.05) is 19.0 Å². The molecule has 1 rings (SSSR count). The van der Waals surface area contributed by atoms with E-state index in [9.17, 15) is 4.79 Å². The Hall–Kier alpha value is -1.28. The average Bonchev–Trinajstić information content (AvgIpc) is 2.15. The molecule has 0 fully saturated rings. The molecule has 0 bridgehead atoms. The molecule has 0 saturated heterocycles. The molecule has 0 spiro atoms. The smallest absolute Gasteiger partial charge is 0.245 e. The minimum atomic E-state index is -0.460. The Morgan fingerprint density at radius 2 is 2.00 bits per heavy atom. The molecule has 0 saturated carbocycles. The molecule has 0 amide bonds. The van der Waals surface area contributed by atoms with Crippen LogP contribution in [0.4, 0.5) is 5.69 Å². The van der Waals surface area contributed by atoms with Crippen molar-refractivity contribution < 1.29 is 4.79 Å². The maximum absolute atomic E-state index is 10.6. The van der Waals surface area contributed by atoms with Crippen LogP contribution in [-0.2, 0) is 4.79 Å². The molecule has 0 aliphatic heterocycles. The summed E-state index contributed by atoms with van der Waals surface area (Å²) in [5.41, 5.74) is 2.04. The van der Waals surface area contributed by atoms with Crippen LogP contribution in [-0.4, -0.2) is 19.3 Å². The predicted octanol–water partition coefficient (Wildman–Crippen LogP) is 2.53. The maximum atomic E-state index is 10.6. The fourth-order valence-corrected chi connectivity index (χ4v) is 1.25. The Kier molecular flexibility index (Phi) is 3.72. The van der Waals surface area contributed by atoms with Crippen molar-refractivity contribution in [3.05, 3.63) is 35.9 Å². The van der Waals surface area contributed by atoms with Gasteiger partial charge in [0.2, 0.25) is 5.24 Å². The molecule has 0 aromatic heterocycles. The van der Waals surface area contributed by atoms with E-state index in [0.717, 1.165) is 11.3 Å². The first-order chi connectivity index (χ1) is 6.61. The van der Waals surface area contributed by atoms with Crippen LogP contribution in [0.25, 0.3) is 6.08 Å². The van der Waals surface area contributed by atoms with Gasteiger partial charge in [-0.15, -0.1) is 0 Å². The summed E-state index contributed by atoms with van der Waals surface area (Å²) in [5, 5.41) is -0.460. The van der Waals surface area contributed by atoms with E-state index in [0.29, 0.717) is 0 Å². The summed E-state index contributed by atoms with van der Waals surface area (Å²) in [5.74, 6) is 0. The molecule has 74 valence electrons. The van der Waals surface area contributed by atoms with E-state index in [1.54, 1.807) is 6.08 Å². The summed E-state index contributed by atoms with van der Waals surface area (Å²) in [6.07, 6.45) is 3.06. The second kappa shape index (κ2) is 4.82. The zero-order valence-corrected chi connectivity index (χ0v) is 8.95. The molecule has 0 aliphatic carbocycles. The number of benzene rings is 1. The first-order valence-electron chi connectivity index (χ1n) is 4.25. The Labute approximate surface area is 88.8 Å². The quantitative estimate of drug-likeness (QED) is 0.563. The predicted molar refractivity (Wildman–Crippen MR) is 60.7 cm³/mol. The zero-order chi connectivity index (χ0) is 10.6. The van der Waals surface area contributed by atoms with Gasteiger partial charge in [0.15, 0.2) is 0 Å². The minimum Gasteiger partial charge on any atom is -0.377 e. The SMILES string of the molecule is CN(C)c1ccccc1/C=C/C(=O)Cl. The monoisotopic (exact) mass is 209 g/mol. The van der Waals surface area contributed by atoms with Gasteiger partial charge in [-0.3, -0.25) is 4.79 Å². The molecule has 0 N–H and O–H groups in total. The van der Waals surface area contributed by atoms with Crippen LogP contribution >= 0.6 is 11.6 Å². The van der Waals surface area contributed by atoms with E-state index in [1.807, 2.05) is 43.3 Å². The van der Waals surface area contributed by atoms with Gasteiger partial charge in [-0.2, -0.15) is 0 Å². The Bertz CT molecular complexity index is 358. The average molecular weight is 210 g/mol. The summed E-state index contributed by atoms with van der Waals surface area (Å²) in [6.45, 7) is 0. The van der Waals surface area contributed by atoms with Gasteiger partial charge in [0.1, 0.15) is 0 Å². The van der Waals surface area contributed by atoms with Gasteiger partial charge in [-0.05, 0) is 35.4 Å². The van der Waals surface area contributed by atoms with Crippen molar-refractivity contribution in [3.63, 3.8) is 0 Å². The van der Waals surface area contributed by atoms with Crippen LogP contribution in [0.2, 0.25) is 0 Å². The van der Waals surface area contributed by atoms with Crippen molar-refractivity contribution >= 4 is 28.6 Å². The van der Waals surface area contributed by atoms with E-state index in [1.165, 1.54) is 6.08 Å². The lowest BCUT2D eigenvalue weighted by Crippen LogP contribution is -2.09. The number of carbonyl (C=O) groups excluding carboxylic acids is 1. The third kappa shape index (κ3) is 2.89. The van der Waals surface area contributed by atoms with E-state index in [4.69, 9.17) is 11.6 Å². The van der Waals surface area contributed by atoms with Gasteiger partial charge in [0.05, 0.1) is 0 Å². The lowest BCUT2D eigenvalue weighted by molar-refractivity contribution is -0.107. The largest absolute Gasteiger partial charge is 0.377 e. The molecule has 1 aromatic carbocycles. The van der Waals surface area contributed by atoms with E-state index >= 15 is 0 Å². The van der Waals surface area contributed by atoms with Gasteiger partial charge < -0.3 is 4.90 Å². The number of carbonyl (C=O) groups is 1. The molecular weight excluding hydrogens is 198 g/mol. The molecule has 0 radical (unpaired) electrons. The van der Waals surface area contributed by atoms with Crippen molar-refractivity contribution in [3.8, 4) is 0 Å². The third-order valence-corrected chi connectivity index (χ3v) is 1.94. The van der Waals surface area contributed by atoms with E-state index in [2.05, 4.69) is 0 Å². The van der Waals surface area contributed by atoms with Gasteiger partial charge >= 0.3 is 0 Å². The standard InChI is InChI=1S/C11H12ClNO/c1-13(2)10-6-4-3-5-9(10)7-8-11(12)14/h3-8H,1-2H3/b8-7+. The summed E-state index contributed by atoms with van der Waals surface area (Å²) in [7, 11) is 3.91. The van der Waals surface area contributed by atoms with E-state index in [-0.39, 0.29) is 0 Å². The lowest BCUT2D eigenvalue weighted by Gasteiger charge is -2.14. The molecular formula is C11H12ClNO. The highest BCUT2D eigenvalue weighted by Gasteiger charge is 1.99. The number of rotatable bonds is 3. The number of nitrogens with zero attached hydrogens (tertiary/aromatic N) is 1. The second-order valence-electron chi connectivity index (χ2n) is 3.09. The van der Waals surface area contributed by atoms with Crippen LogP contribution in [0.5, 0.6) is 0 Å². The number of allylic oxidation sites excluding steroid dienone is 1. The number of hydrogen-bond acceptors (Lipinski definition) is 2. The second-order valence-corrected chi connectivity index (χ2v) is 3.46. The van der Waals surface area contributed by atoms with Crippen molar-refractivity contribution in [1.29, 1.82) is 0 Å². The Morgan fingerprint density at radius 3 is 2.57 bits per heavy atom. The first kappa shape index (κ1) is 10.8. The maximum Gasteiger partial charge on any atom is 0.245 e. The summed E-state index contributed by atoms with van der Waals surface area (Å²) in [4.78, 5) is 12.5. The summed E-state index contributed by atoms with van der Waals surface area (Å²) in [6, 6.07) is 7.80. The molecule has 2 nitrogen and oxygen atoms in total. The van der Waals surface area contributed by atoms with Crippen LogP contribution in [0.3, 0.4) is 0 Å². The molecule has 1 aromatic rings. The van der Waals surface area contributed by atoms with Gasteiger partial charge in [0.25, 0.3) is 0 Å². The molecule has 0 aliphatic rings. The number of anilines is 1. The molecule has 0 heterocycles. The number of para-hydroxylation sites is 1. The molecule has 14 heavy (non-hydrogen) atoms. The van der Waals surface area contributed by atoms with Gasteiger partial charge in [-0.1, -0.05) is 18.2 Å². The van der Waals surface area contributed by atoms with Gasteiger partial charge in [-0.25, -0.2) is 0 Å². The fourth-order valence-electron chi connectivity index (χ4n) is 1.19. The topological polar surface area (TPSA) is 20.3 Å². The third-order valence-electron chi connectivity index (χ3n) is 1.81.